The molecule has 0 aromatic heterocycles. The molecule has 2 rings (SSSR count). The van der Waals surface area contributed by atoms with Gasteiger partial charge in [0.25, 0.3) is 0 Å². The molecule has 192 valence electrons. The van der Waals surface area contributed by atoms with Gasteiger partial charge in [0.1, 0.15) is 12.6 Å². The van der Waals surface area contributed by atoms with E-state index in [1.807, 2.05) is 12.1 Å². The van der Waals surface area contributed by atoms with Gasteiger partial charge < -0.3 is 10.2 Å². The standard InChI is InChI=1S/C25H33Cl2N3O4S/c1-7-22(24(32)28-5)29(15-19-20(26)9-8-10-21(19)27)23(31)16-30(35(6,33)34)18-13-11-17(12-14-18)25(2,3)4/h8-14,22H,7,15-16H2,1-6H3,(H,28,32). The molecule has 0 spiro atoms. The number of hydrogen-bond acceptors (Lipinski definition) is 4. The molecule has 2 amide bonds. The number of nitrogens with one attached hydrogen (secondary N) is 1. The van der Waals surface area contributed by atoms with Crippen LogP contribution < -0.4 is 9.62 Å². The number of carbonyl (C=O) groups is 2. The zero-order chi connectivity index (χ0) is 26.6. The normalized spacial score (nSPS) is 12.7. The van der Waals surface area contributed by atoms with E-state index in [9.17, 15) is 18.0 Å². The van der Waals surface area contributed by atoms with E-state index in [1.165, 1.54) is 11.9 Å². The van der Waals surface area contributed by atoms with Crippen molar-refractivity contribution in [1.29, 1.82) is 0 Å². The maximum atomic E-state index is 13.6. The van der Waals surface area contributed by atoms with E-state index >= 15 is 0 Å². The van der Waals surface area contributed by atoms with Crippen LogP contribution in [0.1, 0.15) is 45.2 Å². The van der Waals surface area contributed by atoms with E-state index < -0.39 is 28.5 Å². The molecule has 0 fully saturated rings. The van der Waals surface area contributed by atoms with Gasteiger partial charge in [-0.1, -0.05) is 69.1 Å². The Balaban J connectivity index is 2.48. The van der Waals surface area contributed by atoms with Crippen LogP contribution in [-0.2, 0) is 31.6 Å². The molecule has 0 aliphatic rings. The number of anilines is 1. The fourth-order valence-corrected chi connectivity index (χ4v) is 5.05. The Hall–Kier alpha value is -2.29. The second kappa shape index (κ2) is 11.6. The molecule has 0 aliphatic heterocycles. The second-order valence-corrected chi connectivity index (χ2v) is 12.0. The summed E-state index contributed by atoms with van der Waals surface area (Å²) in [5.74, 6) is -0.925. The quantitative estimate of drug-likeness (QED) is 0.502. The average Bonchev–Trinajstić information content (AvgIpc) is 2.77. The monoisotopic (exact) mass is 541 g/mol. The molecule has 1 N–H and O–H groups in total. The van der Waals surface area contributed by atoms with Crippen LogP contribution in [0, 0.1) is 0 Å². The van der Waals surface area contributed by atoms with E-state index in [0.29, 0.717) is 27.7 Å². The van der Waals surface area contributed by atoms with E-state index in [2.05, 4.69) is 26.1 Å². The van der Waals surface area contributed by atoms with Crippen LogP contribution >= 0.6 is 23.2 Å². The molecule has 0 radical (unpaired) electrons. The Morgan fingerprint density at radius 1 is 1.03 bits per heavy atom. The highest BCUT2D eigenvalue weighted by Gasteiger charge is 2.32. The lowest BCUT2D eigenvalue weighted by Crippen LogP contribution is -2.51. The minimum absolute atomic E-state index is 0.0518. The van der Waals surface area contributed by atoms with Gasteiger partial charge in [-0.05, 0) is 41.7 Å². The van der Waals surface area contributed by atoms with E-state index in [4.69, 9.17) is 23.2 Å². The molecule has 0 saturated heterocycles. The Morgan fingerprint density at radius 3 is 2.00 bits per heavy atom. The minimum atomic E-state index is -3.81. The summed E-state index contributed by atoms with van der Waals surface area (Å²) >= 11 is 12.7. The largest absolute Gasteiger partial charge is 0.357 e. The van der Waals surface area contributed by atoms with Gasteiger partial charge >= 0.3 is 0 Å². The van der Waals surface area contributed by atoms with Crippen molar-refractivity contribution in [1.82, 2.24) is 10.2 Å². The SMILES string of the molecule is CCC(C(=O)NC)N(Cc1c(Cl)cccc1Cl)C(=O)CN(c1ccc(C(C)(C)C)cc1)S(C)(=O)=O. The molecule has 0 aliphatic carbocycles. The molecule has 1 atom stereocenters. The summed E-state index contributed by atoms with van der Waals surface area (Å²) < 4.78 is 26.4. The lowest BCUT2D eigenvalue weighted by molar-refractivity contribution is -0.140. The highest BCUT2D eigenvalue weighted by Crippen LogP contribution is 2.29. The van der Waals surface area contributed by atoms with Gasteiger partial charge in [-0.25, -0.2) is 8.42 Å². The Morgan fingerprint density at radius 2 is 1.57 bits per heavy atom. The first-order valence-corrected chi connectivity index (χ1v) is 13.8. The van der Waals surface area contributed by atoms with Crippen molar-refractivity contribution < 1.29 is 18.0 Å². The molecular formula is C25H33Cl2N3O4S. The van der Waals surface area contributed by atoms with E-state index in [1.54, 1.807) is 37.3 Å². The molecule has 1 unspecified atom stereocenters. The Bertz CT molecular complexity index is 1140. The number of carbonyl (C=O) groups excluding carboxylic acids is 2. The van der Waals surface area contributed by atoms with Gasteiger partial charge in [-0.3, -0.25) is 13.9 Å². The number of amides is 2. The summed E-state index contributed by atoms with van der Waals surface area (Å²) in [7, 11) is -2.33. The zero-order valence-electron chi connectivity index (χ0n) is 20.9. The maximum absolute atomic E-state index is 13.6. The minimum Gasteiger partial charge on any atom is -0.357 e. The number of hydrogen-bond donors (Lipinski definition) is 1. The van der Waals surface area contributed by atoms with Gasteiger partial charge in [-0.15, -0.1) is 0 Å². The number of halogens is 2. The molecule has 35 heavy (non-hydrogen) atoms. The van der Waals surface area contributed by atoms with E-state index in [0.717, 1.165) is 16.1 Å². The molecule has 10 heteroatoms. The summed E-state index contributed by atoms with van der Waals surface area (Å²) in [6, 6.07) is 11.2. The summed E-state index contributed by atoms with van der Waals surface area (Å²) in [5, 5.41) is 3.27. The Labute approximate surface area is 218 Å². The summed E-state index contributed by atoms with van der Waals surface area (Å²) in [4.78, 5) is 27.6. The molecule has 0 saturated carbocycles. The highest BCUT2D eigenvalue weighted by atomic mass is 35.5. The number of benzene rings is 2. The number of sulfonamides is 1. The van der Waals surface area contributed by atoms with Crippen LogP contribution in [-0.4, -0.2) is 51.0 Å². The Kier molecular flexibility index (Phi) is 9.62. The molecule has 7 nitrogen and oxygen atoms in total. The first-order chi connectivity index (χ1) is 16.2. The lowest BCUT2D eigenvalue weighted by atomic mass is 9.87. The van der Waals surface area contributed by atoms with Crippen molar-refractivity contribution in [3.63, 3.8) is 0 Å². The maximum Gasteiger partial charge on any atom is 0.244 e. The number of nitrogens with zero attached hydrogens (tertiary/aromatic N) is 2. The lowest BCUT2D eigenvalue weighted by Gasteiger charge is -2.33. The van der Waals surface area contributed by atoms with Crippen LogP contribution in [0.3, 0.4) is 0 Å². The van der Waals surface area contributed by atoms with Gasteiger partial charge in [-0.2, -0.15) is 0 Å². The van der Waals surface area contributed by atoms with Crippen molar-refractivity contribution in [2.24, 2.45) is 0 Å². The number of likely N-dealkylation sites (N-methyl/N-ethyl adjacent to an activating group) is 1. The predicted octanol–water partition coefficient (Wildman–Crippen LogP) is 4.61. The smallest absolute Gasteiger partial charge is 0.244 e. The zero-order valence-corrected chi connectivity index (χ0v) is 23.3. The van der Waals surface area contributed by atoms with Crippen LogP contribution in [0.5, 0.6) is 0 Å². The fourth-order valence-electron chi connectivity index (χ4n) is 3.68. The predicted molar refractivity (Wildman–Crippen MR) is 142 cm³/mol. The van der Waals surface area contributed by atoms with Crippen molar-refractivity contribution >= 4 is 50.7 Å². The van der Waals surface area contributed by atoms with Gasteiger partial charge in [0, 0.05) is 29.2 Å². The number of rotatable bonds is 9. The first kappa shape index (κ1) is 28.9. The molecule has 2 aromatic carbocycles. The van der Waals surface area contributed by atoms with Crippen molar-refractivity contribution in [2.75, 3.05) is 24.2 Å². The van der Waals surface area contributed by atoms with Gasteiger partial charge in [0.15, 0.2) is 0 Å². The molecule has 2 aromatic rings. The summed E-state index contributed by atoms with van der Waals surface area (Å²) in [6.45, 7) is 7.41. The average molecular weight is 543 g/mol. The van der Waals surface area contributed by atoms with E-state index in [-0.39, 0.29) is 17.9 Å². The molecule has 0 bridgehead atoms. The van der Waals surface area contributed by atoms with Crippen LogP contribution in [0.25, 0.3) is 0 Å². The highest BCUT2D eigenvalue weighted by molar-refractivity contribution is 7.92. The first-order valence-electron chi connectivity index (χ1n) is 11.2. The van der Waals surface area contributed by atoms with Gasteiger partial charge in [0.2, 0.25) is 21.8 Å². The van der Waals surface area contributed by atoms with Crippen LogP contribution in [0.4, 0.5) is 5.69 Å². The van der Waals surface area contributed by atoms with Crippen LogP contribution in [0.2, 0.25) is 10.0 Å². The molecule has 0 heterocycles. The second-order valence-electron chi connectivity index (χ2n) is 9.33. The van der Waals surface area contributed by atoms with Crippen LogP contribution in [0.15, 0.2) is 42.5 Å². The van der Waals surface area contributed by atoms with Gasteiger partial charge in [0.05, 0.1) is 11.9 Å². The van der Waals surface area contributed by atoms with Crippen molar-refractivity contribution in [3.8, 4) is 0 Å². The fraction of sp³-hybridized carbons (Fsp3) is 0.440. The summed E-state index contributed by atoms with van der Waals surface area (Å²) in [5.41, 5.74) is 1.75. The van der Waals surface area contributed by atoms with Crippen molar-refractivity contribution in [2.45, 2.75) is 52.1 Å². The third-order valence-electron chi connectivity index (χ3n) is 5.72. The third kappa shape index (κ3) is 7.35. The summed E-state index contributed by atoms with van der Waals surface area (Å²) in [6.07, 6.45) is 1.36. The third-order valence-corrected chi connectivity index (χ3v) is 7.57. The topological polar surface area (TPSA) is 86.8 Å². The molecular weight excluding hydrogens is 509 g/mol. The van der Waals surface area contributed by atoms with Crippen molar-refractivity contribution in [3.05, 3.63) is 63.6 Å².